The summed E-state index contributed by atoms with van der Waals surface area (Å²) in [7, 11) is -13.7. The Kier molecular flexibility index (Phi) is 21.5. The van der Waals surface area contributed by atoms with E-state index in [2.05, 4.69) is 6.92 Å². The summed E-state index contributed by atoms with van der Waals surface area (Å²) in [5.41, 5.74) is 0. The number of quaternary nitrogens is 1. The largest absolute Gasteiger partial charge is 1.00 e. The minimum atomic E-state index is -5.82. The smallest absolute Gasteiger partial charge is 0.356 e. The van der Waals surface area contributed by atoms with E-state index in [9.17, 15) is 43.1 Å². The Bertz CT molecular complexity index is 697. The molecule has 0 rings (SSSR count). The van der Waals surface area contributed by atoms with E-state index in [4.69, 9.17) is 0 Å². The van der Waals surface area contributed by atoms with Gasteiger partial charge in [0.1, 0.15) is 0 Å². The number of unbranched alkanes of at least 4 members (excludes halogenated alkanes) is 15. The highest BCUT2D eigenvalue weighted by molar-refractivity contribution is 7.88. The summed E-state index contributed by atoms with van der Waals surface area (Å²) in [5.74, 6) is 0. The number of rotatable bonds is 24. The Balaban J connectivity index is 0. The topological polar surface area (TPSA) is 173 Å². The van der Waals surface area contributed by atoms with Crippen LogP contribution < -0.4 is 17.0 Å². The van der Waals surface area contributed by atoms with Gasteiger partial charge in [0.05, 0.1) is 27.2 Å². The van der Waals surface area contributed by atoms with Crippen molar-refractivity contribution in [2.24, 2.45) is 0 Å². The monoisotopic (exact) mass is 673 g/mol. The van der Waals surface area contributed by atoms with E-state index < -0.39 is 33.8 Å². The molecule has 38 heavy (non-hydrogen) atoms. The molecule has 0 aromatic heterocycles. The van der Waals surface area contributed by atoms with Crippen LogP contribution in [-0.2, 0) is 13.7 Å². The van der Waals surface area contributed by atoms with Crippen LogP contribution >= 0.6 is 22.8 Å². The van der Waals surface area contributed by atoms with Crippen LogP contribution in [0.15, 0.2) is 0 Å². The van der Waals surface area contributed by atoms with Crippen LogP contribution in [0.5, 0.6) is 0 Å². The molecule has 0 amide bonds. The highest BCUT2D eigenvalue weighted by Crippen LogP contribution is 2.84. The molecule has 0 aliphatic heterocycles. The Morgan fingerprint density at radius 1 is 0.500 bits per heavy atom. The minimum absolute atomic E-state index is 0. The van der Waals surface area contributed by atoms with Crippen LogP contribution in [0.3, 0.4) is 0 Å². The molecular formula is C24H55BrNO9P3. The highest BCUT2D eigenvalue weighted by Gasteiger charge is 2.71. The Morgan fingerprint density at radius 3 is 1.05 bits per heavy atom. The Hall–Kier alpha value is 0.890. The standard InChI is InChI=1S/C24H54NO9P3.BrH/c1-4-5-6-7-8-9-10-11-12-13-14-15-16-17-18-19-22-25(2,3)23-20-21-24(35(26,27)28,36(29,30)31)37(32,33)34;/h4-23H2,1-3H3,(H5-,26,27,28,29,30,31,32,33,34);1H. The van der Waals surface area contributed by atoms with Crippen LogP contribution in [0.25, 0.3) is 0 Å². The van der Waals surface area contributed by atoms with Gasteiger partial charge >= 0.3 is 22.8 Å². The van der Waals surface area contributed by atoms with Crippen molar-refractivity contribution >= 4 is 22.8 Å². The molecule has 0 aromatic carbocycles. The summed E-state index contributed by atoms with van der Waals surface area (Å²) < 4.78 is 32.3. The second kappa shape index (κ2) is 19.9. The first-order chi connectivity index (χ1) is 17.0. The SMILES string of the molecule is CCCCCCCCCCCCCCCCCC[N+](C)(C)CCCC(P(=O)(O)O)(P(=O)(O)O)P(=O)(O)O.[Br-]. The zero-order chi connectivity index (χ0) is 28.6. The third kappa shape index (κ3) is 15.8. The minimum Gasteiger partial charge on any atom is -1.00 e. The van der Waals surface area contributed by atoms with Crippen molar-refractivity contribution in [1.82, 2.24) is 0 Å². The first-order valence-corrected chi connectivity index (χ1v) is 18.8. The Labute approximate surface area is 241 Å². The summed E-state index contributed by atoms with van der Waals surface area (Å²) >= 11 is 0. The second-order valence-electron chi connectivity index (χ2n) is 11.2. The van der Waals surface area contributed by atoms with Gasteiger partial charge in [-0.05, 0) is 25.7 Å². The number of hydrogen-bond acceptors (Lipinski definition) is 3. The average Bonchev–Trinajstić information content (AvgIpc) is 2.73. The number of nitrogens with zero attached hydrogens (tertiary/aromatic N) is 1. The summed E-state index contributed by atoms with van der Waals surface area (Å²) in [5, 5.41) is 0. The molecule has 6 N–H and O–H groups in total. The first-order valence-electron chi connectivity index (χ1n) is 14.0. The molecule has 14 heteroatoms. The van der Waals surface area contributed by atoms with Crippen molar-refractivity contribution < 1.29 is 64.5 Å². The lowest BCUT2D eigenvalue weighted by atomic mass is 10.0. The van der Waals surface area contributed by atoms with Crippen molar-refractivity contribution in [3.8, 4) is 0 Å². The normalized spacial score (nSPS) is 13.5. The maximum atomic E-state index is 11.8. The van der Waals surface area contributed by atoms with Gasteiger partial charge in [-0.15, -0.1) is 0 Å². The van der Waals surface area contributed by atoms with Crippen molar-refractivity contribution in [2.75, 3.05) is 27.2 Å². The summed E-state index contributed by atoms with van der Waals surface area (Å²) in [6.07, 6.45) is 19.2. The number of halogens is 1. The van der Waals surface area contributed by atoms with Gasteiger partial charge in [0.25, 0.3) is 4.64 Å². The third-order valence-corrected chi connectivity index (χ3v) is 15.5. The Morgan fingerprint density at radius 2 is 0.763 bits per heavy atom. The van der Waals surface area contributed by atoms with Crippen molar-refractivity contribution in [3.05, 3.63) is 0 Å². The van der Waals surface area contributed by atoms with Gasteiger partial charge in [-0.3, -0.25) is 13.7 Å². The molecule has 0 bridgehead atoms. The van der Waals surface area contributed by atoms with Gasteiger partial charge in [-0.2, -0.15) is 0 Å². The van der Waals surface area contributed by atoms with Crippen molar-refractivity contribution in [3.63, 3.8) is 0 Å². The predicted octanol–water partition coefficient (Wildman–Crippen LogP) is 3.30. The first kappa shape index (κ1) is 41.0. The van der Waals surface area contributed by atoms with Gasteiger partial charge in [0, 0.05) is 0 Å². The lowest BCUT2D eigenvalue weighted by molar-refractivity contribution is -0.890. The van der Waals surface area contributed by atoms with E-state index in [1.807, 2.05) is 14.1 Å². The fourth-order valence-electron chi connectivity index (χ4n) is 4.89. The molecule has 10 nitrogen and oxygen atoms in total. The number of hydrogen-bond donors (Lipinski definition) is 6. The molecule has 0 fully saturated rings. The molecule has 0 heterocycles. The van der Waals surface area contributed by atoms with Gasteiger partial charge in [0.2, 0.25) is 0 Å². The van der Waals surface area contributed by atoms with Gasteiger partial charge in [-0.25, -0.2) is 0 Å². The average molecular weight is 675 g/mol. The maximum absolute atomic E-state index is 11.8. The van der Waals surface area contributed by atoms with E-state index in [0.717, 1.165) is 25.8 Å². The van der Waals surface area contributed by atoms with Crippen LogP contribution in [0, 0.1) is 0 Å². The molecule has 0 aliphatic carbocycles. The fraction of sp³-hybridized carbons (Fsp3) is 1.00. The molecule has 0 aromatic rings. The van der Waals surface area contributed by atoms with Gasteiger partial charge < -0.3 is 50.8 Å². The molecule has 0 atom stereocenters. The molecule has 0 aliphatic rings. The zero-order valence-corrected chi connectivity index (χ0v) is 28.0. The summed E-state index contributed by atoms with van der Waals surface area (Å²) in [6.45, 7) is 3.28. The second-order valence-corrected chi connectivity index (χ2v) is 17.8. The van der Waals surface area contributed by atoms with E-state index in [-0.39, 0.29) is 29.9 Å². The zero-order valence-electron chi connectivity index (χ0n) is 23.7. The summed E-state index contributed by atoms with van der Waals surface area (Å²) in [6, 6.07) is 0. The van der Waals surface area contributed by atoms with E-state index in [1.54, 1.807) is 0 Å². The maximum Gasteiger partial charge on any atom is 0.356 e. The highest BCUT2D eigenvalue weighted by atomic mass is 79.9. The molecule has 0 unspecified atom stereocenters. The lowest BCUT2D eigenvalue weighted by Gasteiger charge is -2.36. The lowest BCUT2D eigenvalue weighted by Crippen LogP contribution is -3.00. The van der Waals surface area contributed by atoms with Gasteiger partial charge in [0.15, 0.2) is 0 Å². The van der Waals surface area contributed by atoms with Gasteiger partial charge in [-0.1, -0.05) is 96.8 Å². The summed E-state index contributed by atoms with van der Waals surface area (Å²) in [4.78, 5) is 57.1. The molecule has 0 spiro atoms. The van der Waals surface area contributed by atoms with Crippen LogP contribution in [0.1, 0.15) is 122 Å². The quantitative estimate of drug-likeness (QED) is 0.0511. The van der Waals surface area contributed by atoms with Crippen molar-refractivity contribution in [1.29, 1.82) is 0 Å². The van der Waals surface area contributed by atoms with E-state index >= 15 is 0 Å². The molecule has 232 valence electrons. The van der Waals surface area contributed by atoms with Crippen LogP contribution in [0.2, 0.25) is 0 Å². The molecule has 0 radical (unpaired) electrons. The molecular weight excluding hydrogens is 619 g/mol. The fourth-order valence-corrected chi connectivity index (χ4v) is 10.3. The molecule has 0 saturated carbocycles. The molecule has 0 saturated heterocycles. The van der Waals surface area contributed by atoms with E-state index in [1.165, 1.54) is 83.5 Å². The predicted molar refractivity (Wildman–Crippen MR) is 149 cm³/mol. The third-order valence-electron chi connectivity index (χ3n) is 7.29. The van der Waals surface area contributed by atoms with Crippen LogP contribution in [-0.4, -0.2) is 65.7 Å². The van der Waals surface area contributed by atoms with E-state index in [0.29, 0.717) is 4.48 Å². The van der Waals surface area contributed by atoms with Crippen LogP contribution in [0.4, 0.5) is 0 Å². The van der Waals surface area contributed by atoms with Crippen molar-refractivity contribution in [2.45, 2.75) is 127 Å².